The molecule has 2 N–H and O–H groups in total. The number of fused-ring (bicyclic) bond motifs is 2. The summed E-state index contributed by atoms with van der Waals surface area (Å²) in [7, 11) is 1.51. The first-order valence-corrected chi connectivity index (χ1v) is 7.50. The molecule has 0 radical (unpaired) electrons. The average molecular weight is 338 g/mol. The van der Waals surface area contributed by atoms with Crippen LogP contribution in [0.15, 0.2) is 52.1 Å². The number of nitrogens with one attached hydrogen (secondary N) is 1. The van der Waals surface area contributed by atoms with Crippen LogP contribution in [0.1, 0.15) is 5.56 Å². The van der Waals surface area contributed by atoms with Gasteiger partial charge >= 0.3 is 0 Å². The molecule has 1 aromatic carbocycles. The zero-order chi connectivity index (χ0) is 17.4. The number of aromatic nitrogens is 3. The van der Waals surface area contributed by atoms with Gasteiger partial charge in [-0.2, -0.15) is 0 Å². The highest BCUT2D eigenvalue weighted by Gasteiger charge is 2.15. The quantitative estimate of drug-likeness (QED) is 0.587. The number of oxazole rings is 1. The summed E-state index contributed by atoms with van der Waals surface area (Å²) in [4.78, 5) is 21.2. The summed E-state index contributed by atoms with van der Waals surface area (Å²) in [6.07, 6.45) is 2.94. The van der Waals surface area contributed by atoms with Gasteiger partial charge in [0.2, 0.25) is 0 Å². The molecule has 0 amide bonds. The van der Waals surface area contributed by atoms with Crippen molar-refractivity contribution in [3.05, 3.63) is 58.8 Å². The highest BCUT2D eigenvalue weighted by molar-refractivity contribution is 5.78. The highest BCUT2D eigenvalue weighted by atomic mass is 16.5. The Morgan fingerprint density at radius 3 is 3.04 bits per heavy atom. The van der Waals surface area contributed by atoms with E-state index in [2.05, 4.69) is 15.3 Å². The van der Waals surface area contributed by atoms with Gasteiger partial charge in [0.25, 0.3) is 5.56 Å². The number of rotatable bonds is 4. The molecule has 0 saturated heterocycles. The topological polar surface area (TPSA) is 102 Å². The summed E-state index contributed by atoms with van der Waals surface area (Å²) in [6, 6.07) is 8.72. The maximum absolute atomic E-state index is 12.6. The lowest BCUT2D eigenvalue weighted by atomic mass is 10.2. The van der Waals surface area contributed by atoms with E-state index < -0.39 is 6.61 Å². The first-order valence-electron chi connectivity index (χ1n) is 7.50. The van der Waals surface area contributed by atoms with Crippen molar-refractivity contribution in [3.8, 4) is 5.75 Å². The fraction of sp³-hybridized carbons (Fsp3) is 0.118. The lowest BCUT2D eigenvalue weighted by Gasteiger charge is -2.13. The number of anilines is 2. The monoisotopic (exact) mass is 338 g/mol. The van der Waals surface area contributed by atoms with Gasteiger partial charge in [-0.3, -0.25) is 9.20 Å². The third-order valence-electron chi connectivity index (χ3n) is 3.88. The molecule has 8 heteroatoms. The zero-order valence-electron chi connectivity index (χ0n) is 13.3. The molecule has 0 unspecified atom stereocenters. The van der Waals surface area contributed by atoms with Gasteiger partial charge in [-0.05, 0) is 24.3 Å². The van der Waals surface area contributed by atoms with Gasteiger partial charge in [0.1, 0.15) is 11.3 Å². The van der Waals surface area contributed by atoms with Crippen molar-refractivity contribution in [1.29, 1.82) is 0 Å². The molecular formula is C17H14N4O4. The number of hydrogen-bond acceptors (Lipinski definition) is 7. The smallest absolute Gasteiger partial charge is 0.265 e. The fourth-order valence-electron chi connectivity index (χ4n) is 2.65. The van der Waals surface area contributed by atoms with E-state index in [1.165, 1.54) is 17.9 Å². The molecule has 0 aliphatic carbocycles. The summed E-state index contributed by atoms with van der Waals surface area (Å²) in [6.45, 7) is -0.446. The van der Waals surface area contributed by atoms with Crippen molar-refractivity contribution < 1.29 is 14.3 Å². The molecule has 126 valence electrons. The van der Waals surface area contributed by atoms with E-state index in [1.54, 1.807) is 36.5 Å². The van der Waals surface area contributed by atoms with E-state index in [9.17, 15) is 9.90 Å². The van der Waals surface area contributed by atoms with Crippen molar-refractivity contribution in [2.75, 3.05) is 12.4 Å². The lowest BCUT2D eigenvalue weighted by molar-refractivity contribution is 0.280. The van der Waals surface area contributed by atoms with Crippen LogP contribution in [0.5, 0.6) is 5.75 Å². The second kappa shape index (κ2) is 5.91. The van der Waals surface area contributed by atoms with Gasteiger partial charge in [-0.15, -0.1) is 0 Å². The van der Waals surface area contributed by atoms with E-state index in [1.807, 2.05) is 0 Å². The number of benzene rings is 1. The van der Waals surface area contributed by atoms with E-state index in [4.69, 9.17) is 9.15 Å². The molecule has 25 heavy (non-hydrogen) atoms. The number of aliphatic hydroxyl groups is 1. The van der Waals surface area contributed by atoms with E-state index in [-0.39, 0.29) is 16.9 Å². The van der Waals surface area contributed by atoms with Crippen molar-refractivity contribution in [2.45, 2.75) is 6.61 Å². The van der Waals surface area contributed by atoms with Crippen LogP contribution in [-0.2, 0) is 6.61 Å². The third kappa shape index (κ3) is 2.48. The average Bonchev–Trinajstić information content (AvgIpc) is 3.09. The van der Waals surface area contributed by atoms with E-state index in [0.29, 0.717) is 22.7 Å². The Balaban J connectivity index is 1.88. The maximum atomic E-state index is 12.6. The minimum absolute atomic E-state index is 0.156. The van der Waals surface area contributed by atoms with Crippen LogP contribution in [-0.4, -0.2) is 26.6 Å². The largest absolute Gasteiger partial charge is 0.493 e. The van der Waals surface area contributed by atoms with Crippen LogP contribution >= 0.6 is 0 Å². The first-order chi connectivity index (χ1) is 12.2. The third-order valence-corrected chi connectivity index (χ3v) is 3.88. The van der Waals surface area contributed by atoms with Gasteiger partial charge in [-0.1, -0.05) is 0 Å². The molecule has 0 aliphatic heterocycles. The Kier molecular flexibility index (Phi) is 3.58. The number of nitrogens with zero attached hydrogens (tertiary/aromatic N) is 3. The molecule has 3 heterocycles. The van der Waals surface area contributed by atoms with E-state index >= 15 is 0 Å². The van der Waals surface area contributed by atoms with E-state index in [0.717, 1.165) is 5.52 Å². The predicted molar refractivity (Wildman–Crippen MR) is 91.2 cm³/mol. The molecule has 3 aromatic heterocycles. The predicted octanol–water partition coefficient (Wildman–Crippen LogP) is 2.08. The summed E-state index contributed by atoms with van der Waals surface area (Å²) < 4.78 is 11.9. The Bertz CT molecular complexity index is 1130. The maximum Gasteiger partial charge on any atom is 0.265 e. The van der Waals surface area contributed by atoms with Crippen molar-refractivity contribution in [3.63, 3.8) is 0 Å². The van der Waals surface area contributed by atoms with Crippen LogP contribution in [0.4, 0.5) is 11.5 Å². The molecule has 0 fully saturated rings. The fourth-order valence-corrected chi connectivity index (χ4v) is 2.65. The SMILES string of the molecule is COc1cccn2c(=O)c(CO)c(Nc3ccc4ncoc4c3)nc12. The van der Waals surface area contributed by atoms with Crippen molar-refractivity contribution >= 4 is 28.3 Å². The summed E-state index contributed by atoms with van der Waals surface area (Å²) in [5.74, 6) is 0.716. The molecule has 0 spiro atoms. The summed E-state index contributed by atoms with van der Waals surface area (Å²) in [5, 5.41) is 12.7. The number of aliphatic hydroxyl groups excluding tert-OH is 1. The molecular weight excluding hydrogens is 324 g/mol. The van der Waals surface area contributed by atoms with Gasteiger partial charge < -0.3 is 19.6 Å². The summed E-state index contributed by atoms with van der Waals surface area (Å²) >= 11 is 0. The number of hydrogen-bond donors (Lipinski definition) is 2. The van der Waals surface area contributed by atoms with Crippen molar-refractivity contribution in [2.24, 2.45) is 0 Å². The minimum Gasteiger partial charge on any atom is -0.493 e. The first kappa shape index (κ1) is 15.2. The van der Waals surface area contributed by atoms with Crippen molar-refractivity contribution in [1.82, 2.24) is 14.4 Å². The zero-order valence-corrected chi connectivity index (χ0v) is 13.3. The van der Waals surface area contributed by atoms with Crippen LogP contribution < -0.4 is 15.6 Å². The number of pyridine rings is 1. The molecule has 0 aliphatic rings. The van der Waals surface area contributed by atoms with Crippen LogP contribution in [0.25, 0.3) is 16.7 Å². The molecule has 4 rings (SSSR count). The molecule has 0 bridgehead atoms. The minimum atomic E-state index is -0.446. The molecule has 0 saturated carbocycles. The summed E-state index contributed by atoms with van der Waals surface area (Å²) in [5.41, 5.74) is 2.13. The molecule has 0 atom stereocenters. The Morgan fingerprint density at radius 2 is 2.24 bits per heavy atom. The Morgan fingerprint density at radius 1 is 1.36 bits per heavy atom. The van der Waals surface area contributed by atoms with Gasteiger partial charge in [0, 0.05) is 18.0 Å². The molecule has 8 nitrogen and oxygen atoms in total. The van der Waals surface area contributed by atoms with Gasteiger partial charge in [0.15, 0.2) is 23.4 Å². The highest BCUT2D eigenvalue weighted by Crippen LogP contribution is 2.24. The Labute approximate surface area is 141 Å². The lowest BCUT2D eigenvalue weighted by Crippen LogP contribution is -2.22. The number of ether oxygens (including phenoxy) is 1. The Hall–Kier alpha value is -3.39. The van der Waals surface area contributed by atoms with Gasteiger partial charge in [-0.25, -0.2) is 9.97 Å². The van der Waals surface area contributed by atoms with Crippen LogP contribution in [0.3, 0.4) is 0 Å². The molecule has 4 aromatic rings. The standard InChI is InChI=1S/C17H14N4O4/c1-24-13-3-2-6-21-16(13)20-15(11(8-22)17(21)23)19-10-4-5-12-14(7-10)25-9-18-12/h2-7,9,19,22H,8H2,1H3. The van der Waals surface area contributed by atoms with Crippen LogP contribution in [0.2, 0.25) is 0 Å². The number of methoxy groups -OCH3 is 1. The second-order valence-corrected chi connectivity index (χ2v) is 5.33. The van der Waals surface area contributed by atoms with Crippen LogP contribution in [0, 0.1) is 0 Å². The van der Waals surface area contributed by atoms with Gasteiger partial charge in [0.05, 0.1) is 19.3 Å². The normalized spacial score (nSPS) is 11.1. The second-order valence-electron chi connectivity index (χ2n) is 5.33.